The monoisotopic (exact) mass is 544 g/mol. The van der Waals surface area contributed by atoms with E-state index in [1.54, 1.807) is 0 Å². The smallest absolute Gasteiger partial charge is 0.261 e. The van der Waals surface area contributed by atoms with Crippen LogP contribution in [0, 0.1) is 34.5 Å². The summed E-state index contributed by atoms with van der Waals surface area (Å²) in [7, 11) is -0.551. The summed E-state index contributed by atoms with van der Waals surface area (Å²) in [6, 6.07) is 22.5. The number of fused-ring (bicyclic) bond motifs is 5. The third-order valence-electron chi connectivity index (χ3n) is 12.6. The fourth-order valence-electron chi connectivity index (χ4n) is 10.6. The normalized spacial score (nSPS) is 38.5. The zero-order valence-corrected chi connectivity index (χ0v) is 26.4. The lowest BCUT2D eigenvalue weighted by molar-refractivity contribution is -0.136. The second kappa shape index (κ2) is 10.1. The molecule has 0 aromatic heterocycles. The highest BCUT2D eigenvalue weighted by atomic mass is 28.4. The lowest BCUT2D eigenvalue weighted by atomic mass is 9.45. The summed E-state index contributed by atoms with van der Waals surface area (Å²) in [6.45, 7) is 12.5. The number of ether oxygens (including phenoxy) is 1. The van der Waals surface area contributed by atoms with Crippen LogP contribution in [0.15, 0.2) is 60.7 Å². The van der Waals surface area contributed by atoms with E-state index < -0.39 is 8.32 Å². The van der Waals surface area contributed by atoms with Gasteiger partial charge in [0, 0.05) is 13.2 Å². The quantitative estimate of drug-likeness (QED) is 0.355. The lowest BCUT2D eigenvalue weighted by Gasteiger charge is -2.61. The Kier molecular flexibility index (Phi) is 7.21. The van der Waals surface area contributed by atoms with E-state index in [0.717, 1.165) is 23.7 Å². The number of methoxy groups -OCH3 is 1. The van der Waals surface area contributed by atoms with Gasteiger partial charge >= 0.3 is 0 Å². The maximum atomic E-state index is 7.68. The van der Waals surface area contributed by atoms with Crippen molar-refractivity contribution in [2.75, 3.05) is 7.11 Å². The minimum Gasteiger partial charge on any atom is -0.404 e. The minimum atomic E-state index is -2.51. The average molecular weight is 545 g/mol. The van der Waals surface area contributed by atoms with Crippen LogP contribution in [-0.4, -0.2) is 27.6 Å². The van der Waals surface area contributed by atoms with Crippen molar-refractivity contribution in [1.82, 2.24) is 0 Å². The topological polar surface area (TPSA) is 18.5 Å². The van der Waals surface area contributed by atoms with Gasteiger partial charge in [-0.25, -0.2) is 0 Å². The van der Waals surface area contributed by atoms with E-state index in [4.69, 9.17) is 9.16 Å². The van der Waals surface area contributed by atoms with E-state index >= 15 is 0 Å². The molecular weight excluding hydrogens is 492 g/mol. The molecule has 0 amide bonds. The van der Waals surface area contributed by atoms with Gasteiger partial charge in [-0.1, -0.05) is 95.3 Å². The van der Waals surface area contributed by atoms with Crippen LogP contribution in [0.4, 0.5) is 0 Å². The molecule has 0 heterocycles. The van der Waals surface area contributed by atoms with Gasteiger partial charge in [-0.2, -0.15) is 0 Å². The van der Waals surface area contributed by atoms with Gasteiger partial charge in [0.2, 0.25) is 0 Å². The molecule has 212 valence electrons. The fourth-order valence-corrected chi connectivity index (χ4v) is 15.3. The molecule has 4 saturated carbocycles. The van der Waals surface area contributed by atoms with Crippen LogP contribution in [-0.2, 0) is 9.16 Å². The van der Waals surface area contributed by atoms with E-state index in [-0.39, 0.29) is 5.04 Å². The molecule has 0 bridgehead atoms. The lowest BCUT2D eigenvalue weighted by Crippen LogP contribution is -2.68. The first kappa shape index (κ1) is 27.7. The van der Waals surface area contributed by atoms with Gasteiger partial charge in [-0.3, -0.25) is 0 Å². The predicted octanol–water partition coefficient (Wildman–Crippen LogP) is 7.99. The van der Waals surface area contributed by atoms with Gasteiger partial charge < -0.3 is 9.16 Å². The predicted molar refractivity (Wildman–Crippen MR) is 165 cm³/mol. The van der Waals surface area contributed by atoms with Crippen LogP contribution in [0.5, 0.6) is 0 Å². The summed E-state index contributed by atoms with van der Waals surface area (Å²) in [4.78, 5) is 0. The molecule has 4 aliphatic carbocycles. The number of hydrogen-bond donors (Lipinski definition) is 0. The molecule has 0 spiro atoms. The zero-order valence-electron chi connectivity index (χ0n) is 25.4. The third kappa shape index (κ3) is 4.32. The summed E-state index contributed by atoms with van der Waals surface area (Å²) < 4.78 is 13.7. The van der Waals surface area contributed by atoms with Gasteiger partial charge in [0.05, 0.1) is 6.10 Å². The number of rotatable bonds is 5. The van der Waals surface area contributed by atoms with Crippen molar-refractivity contribution in [1.29, 1.82) is 0 Å². The first-order valence-electron chi connectivity index (χ1n) is 15.9. The average Bonchev–Trinajstić information content (AvgIpc) is 3.28. The zero-order chi connectivity index (χ0) is 27.5. The highest BCUT2D eigenvalue weighted by Gasteiger charge is 2.61. The second-order valence-electron chi connectivity index (χ2n) is 15.2. The summed E-state index contributed by atoms with van der Waals surface area (Å²) in [6.07, 6.45) is 12.9. The largest absolute Gasteiger partial charge is 0.404 e. The molecule has 0 saturated heterocycles. The van der Waals surface area contributed by atoms with Crippen LogP contribution in [0.25, 0.3) is 0 Å². The molecule has 0 unspecified atom stereocenters. The molecule has 2 aromatic rings. The van der Waals surface area contributed by atoms with E-state index in [2.05, 4.69) is 95.3 Å². The van der Waals surface area contributed by atoms with Crippen molar-refractivity contribution in [2.45, 2.75) is 110 Å². The van der Waals surface area contributed by atoms with Crippen molar-refractivity contribution in [3.8, 4) is 0 Å². The van der Waals surface area contributed by atoms with Crippen LogP contribution in [0.1, 0.15) is 92.4 Å². The van der Waals surface area contributed by atoms with Crippen molar-refractivity contribution in [3.63, 3.8) is 0 Å². The first-order chi connectivity index (χ1) is 18.6. The Balaban J connectivity index is 1.27. The van der Waals surface area contributed by atoms with Crippen LogP contribution in [0.2, 0.25) is 5.04 Å². The van der Waals surface area contributed by atoms with Crippen LogP contribution >= 0.6 is 0 Å². The molecule has 4 aliphatic rings. The summed E-state index contributed by atoms with van der Waals surface area (Å²) in [5.74, 6) is 3.45. The highest BCUT2D eigenvalue weighted by molar-refractivity contribution is 6.99. The highest BCUT2D eigenvalue weighted by Crippen LogP contribution is 2.66. The summed E-state index contributed by atoms with van der Waals surface area (Å²) in [5.41, 5.74) is 0.878. The molecule has 39 heavy (non-hydrogen) atoms. The number of hydrogen-bond acceptors (Lipinski definition) is 2. The Hall–Kier alpha value is -1.42. The van der Waals surface area contributed by atoms with Crippen LogP contribution in [0.3, 0.4) is 0 Å². The summed E-state index contributed by atoms with van der Waals surface area (Å²) >= 11 is 0. The molecule has 4 fully saturated rings. The van der Waals surface area contributed by atoms with E-state index in [1.807, 2.05) is 7.11 Å². The number of benzene rings is 2. The molecule has 8 atom stereocenters. The Labute approximate surface area is 239 Å². The van der Waals surface area contributed by atoms with Gasteiger partial charge in [0.1, 0.15) is 0 Å². The third-order valence-corrected chi connectivity index (χ3v) is 17.7. The van der Waals surface area contributed by atoms with Crippen molar-refractivity contribution in [3.05, 3.63) is 60.7 Å². The van der Waals surface area contributed by atoms with Crippen molar-refractivity contribution in [2.24, 2.45) is 34.5 Å². The van der Waals surface area contributed by atoms with Crippen LogP contribution < -0.4 is 10.4 Å². The van der Waals surface area contributed by atoms with Crippen molar-refractivity contribution >= 4 is 18.7 Å². The van der Waals surface area contributed by atoms with Gasteiger partial charge in [-0.15, -0.1) is 0 Å². The SMILES string of the molecule is CO[C@H]1CC[C@H]2[C@@H]3CC[C@H]4C[C@@H](O[Si](c5ccccc5)(c5ccccc5)C(C)(C)C)CC[C@]4(C)[C@H]3CC[C@]12C. The Morgan fingerprint density at radius 1 is 0.718 bits per heavy atom. The van der Waals surface area contributed by atoms with Gasteiger partial charge in [-0.05, 0) is 108 Å². The Morgan fingerprint density at radius 2 is 1.31 bits per heavy atom. The van der Waals surface area contributed by atoms with E-state index in [1.165, 1.54) is 68.2 Å². The first-order valence-corrected chi connectivity index (χ1v) is 17.9. The van der Waals surface area contributed by atoms with Crippen molar-refractivity contribution < 1.29 is 9.16 Å². The molecule has 2 nitrogen and oxygen atoms in total. The van der Waals surface area contributed by atoms with Gasteiger partial charge in [0.25, 0.3) is 8.32 Å². The Morgan fingerprint density at radius 3 is 1.90 bits per heavy atom. The van der Waals surface area contributed by atoms with E-state index in [0.29, 0.717) is 23.0 Å². The maximum Gasteiger partial charge on any atom is 0.261 e. The molecular formula is C36H52O2Si. The second-order valence-corrected chi connectivity index (χ2v) is 19.4. The molecule has 6 rings (SSSR count). The fraction of sp³-hybridized carbons (Fsp3) is 0.667. The summed E-state index contributed by atoms with van der Waals surface area (Å²) in [5, 5.41) is 2.88. The molecule has 3 heteroatoms. The minimum absolute atomic E-state index is 0.0440. The van der Waals surface area contributed by atoms with Gasteiger partial charge in [0.15, 0.2) is 0 Å². The molecule has 0 radical (unpaired) electrons. The maximum absolute atomic E-state index is 7.68. The Bertz CT molecular complexity index is 1090. The molecule has 0 aliphatic heterocycles. The molecule has 0 N–H and O–H groups in total. The van der Waals surface area contributed by atoms with E-state index in [9.17, 15) is 0 Å². The molecule has 2 aromatic carbocycles. The standard InChI is InChI=1S/C36H52O2Si/c1-34(2,3)39(28-13-9-7-10-14-28,29-15-11-8-12-16-29)38-27-21-23-35(4)26(25-27)17-18-30-31-19-20-33(37-6)36(31,5)24-22-32(30)35/h7-16,26-27,30-33H,17-25H2,1-6H3/t26-,27-,30-,31-,32-,33-,35-,36-/m0/s1.